The van der Waals surface area contributed by atoms with Crippen molar-refractivity contribution >= 4 is 16.8 Å². The number of aromatic nitrogens is 1. The molecule has 1 aromatic heterocycles. The zero-order valence-corrected chi connectivity index (χ0v) is 14.6. The largest absolute Gasteiger partial charge is 0.350 e. The molecule has 1 heterocycles. The van der Waals surface area contributed by atoms with E-state index in [1.165, 1.54) is 11.1 Å². The Labute approximate surface area is 155 Å². The van der Waals surface area contributed by atoms with Gasteiger partial charge in [-0.3, -0.25) is 9.80 Å². The summed E-state index contributed by atoms with van der Waals surface area (Å²) in [5, 5.41) is 23.8. The summed E-state index contributed by atoms with van der Waals surface area (Å²) in [4.78, 5) is 18.5. The maximum Gasteiger partial charge on any atom is 0.284 e. The van der Waals surface area contributed by atoms with Crippen LogP contribution in [0.25, 0.3) is 21.3 Å². The summed E-state index contributed by atoms with van der Waals surface area (Å²) < 4.78 is 0. The average molecular weight is 362 g/mol. The van der Waals surface area contributed by atoms with E-state index in [-0.39, 0.29) is 17.6 Å². The SMILES string of the molecule is N#Cc1cc(C#N)c2cc(C(=O)N(N)C3CCC(CN=[N+]=[N-])CC3)[nH]c2c1. The van der Waals surface area contributed by atoms with E-state index in [4.69, 9.17) is 16.6 Å². The number of nitrogens with one attached hydrogen (secondary N) is 1. The molecular formula is C18H18N8O. The number of H-pyrrole nitrogens is 1. The van der Waals surface area contributed by atoms with Gasteiger partial charge in [-0.25, -0.2) is 5.84 Å². The number of nitrogens with zero attached hydrogens (tertiary/aromatic N) is 6. The van der Waals surface area contributed by atoms with Crippen molar-refractivity contribution in [2.45, 2.75) is 31.7 Å². The molecule has 0 radical (unpaired) electrons. The van der Waals surface area contributed by atoms with Crippen molar-refractivity contribution in [1.29, 1.82) is 10.5 Å². The number of azide groups is 1. The summed E-state index contributed by atoms with van der Waals surface area (Å²) in [5.74, 6) is 6.06. The van der Waals surface area contributed by atoms with Crippen LogP contribution in [0.2, 0.25) is 0 Å². The molecule has 1 amide bonds. The van der Waals surface area contributed by atoms with Gasteiger partial charge < -0.3 is 4.98 Å². The fraction of sp³-hybridized carbons (Fsp3) is 0.389. The first-order valence-electron chi connectivity index (χ1n) is 8.63. The van der Waals surface area contributed by atoms with Crippen LogP contribution < -0.4 is 5.84 Å². The fourth-order valence-electron chi connectivity index (χ4n) is 3.57. The maximum absolute atomic E-state index is 12.8. The Kier molecular flexibility index (Phi) is 5.28. The topological polar surface area (TPSA) is 158 Å². The van der Waals surface area contributed by atoms with Gasteiger partial charge >= 0.3 is 0 Å². The molecule has 0 bridgehead atoms. The van der Waals surface area contributed by atoms with Crippen LogP contribution in [0.4, 0.5) is 0 Å². The molecule has 1 aliphatic rings. The summed E-state index contributed by atoms with van der Waals surface area (Å²) in [6.45, 7) is 0.474. The van der Waals surface area contributed by atoms with Crippen LogP contribution >= 0.6 is 0 Å². The Morgan fingerprint density at radius 2 is 2.04 bits per heavy atom. The minimum Gasteiger partial charge on any atom is -0.350 e. The maximum atomic E-state index is 12.8. The van der Waals surface area contributed by atoms with E-state index in [0.29, 0.717) is 34.5 Å². The monoisotopic (exact) mass is 362 g/mol. The van der Waals surface area contributed by atoms with E-state index < -0.39 is 0 Å². The van der Waals surface area contributed by atoms with E-state index >= 15 is 0 Å². The van der Waals surface area contributed by atoms with Crippen LogP contribution in [0.15, 0.2) is 23.3 Å². The van der Waals surface area contributed by atoms with Crippen molar-refractivity contribution in [2.75, 3.05) is 6.54 Å². The molecule has 1 aromatic carbocycles. The number of benzene rings is 1. The molecule has 9 heteroatoms. The highest BCUT2D eigenvalue weighted by molar-refractivity contribution is 5.99. The van der Waals surface area contributed by atoms with Crippen molar-refractivity contribution in [3.8, 4) is 12.1 Å². The smallest absolute Gasteiger partial charge is 0.284 e. The third-order valence-electron chi connectivity index (χ3n) is 5.07. The summed E-state index contributed by atoms with van der Waals surface area (Å²) in [6, 6.07) is 8.67. The molecule has 0 saturated heterocycles. The highest BCUT2D eigenvalue weighted by Crippen LogP contribution is 2.28. The first kappa shape index (κ1) is 18.3. The van der Waals surface area contributed by atoms with Gasteiger partial charge in [0, 0.05) is 28.4 Å². The van der Waals surface area contributed by atoms with Gasteiger partial charge in [0.15, 0.2) is 0 Å². The number of hydrogen-bond donors (Lipinski definition) is 2. The van der Waals surface area contributed by atoms with E-state index in [0.717, 1.165) is 25.7 Å². The number of amides is 1. The lowest BCUT2D eigenvalue weighted by Crippen LogP contribution is -2.47. The second-order valence-electron chi connectivity index (χ2n) is 6.69. The van der Waals surface area contributed by atoms with Crippen LogP contribution in [0, 0.1) is 28.6 Å². The number of nitriles is 2. The third-order valence-corrected chi connectivity index (χ3v) is 5.07. The third kappa shape index (κ3) is 3.70. The van der Waals surface area contributed by atoms with Crippen molar-refractivity contribution < 1.29 is 4.79 Å². The number of aromatic amines is 1. The van der Waals surface area contributed by atoms with Crippen LogP contribution in [0.5, 0.6) is 0 Å². The van der Waals surface area contributed by atoms with Crippen molar-refractivity contribution in [1.82, 2.24) is 9.99 Å². The lowest BCUT2D eigenvalue weighted by atomic mass is 9.86. The Morgan fingerprint density at radius 3 is 2.67 bits per heavy atom. The minimum atomic E-state index is -0.355. The highest BCUT2D eigenvalue weighted by atomic mass is 16.2. The molecule has 136 valence electrons. The van der Waals surface area contributed by atoms with Crippen molar-refractivity contribution in [2.24, 2.45) is 16.9 Å². The summed E-state index contributed by atoms with van der Waals surface area (Å²) >= 11 is 0. The van der Waals surface area contributed by atoms with E-state index in [2.05, 4.69) is 15.0 Å². The zero-order chi connectivity index (χ0) is 19.4. The predicted molar refractivity (Wildman–Crippen MR) is 97.8 cm³/mol. The molecule has 3 rings (SSSR count). The Bertz CT molecular complexity index is 997. The molecule has 1 aliphatic carbocycles. The number of nitrogens with two attached hydrogens (primary N) is 1. The van der Waals surface area contributed by atoms with E-state index in [9.17, 15) is 10.1 Å². The molecule has 27 heavy (non-hydrogen) atoms. The summed E-state index contributed by atoms with van der Waals surface area (Å²) in [5.41, 5.74) is 9.94. The number of hydrogen-bond acceptors (Lipinski definition) is 5. The highest BCUT2D eigenvalue weighted by Gasteiger charge is 2.28. The minimum absolute atomic E-state index is 0.0867. The van der Waals surface area contributed by atoms with Gasteiger partial charge in [0.1, 0.15) is 5.69 Å². The van der Waals surface area contributed by atoms with Crippen molar-refractivity contribution in [3.63, 3.8) is 0 Å². The molecular weight excluding hydrogens is 344 g/mol. The number of fused-ring (bicyclic) bond motifs is 1. The quantitative estimate of drug-likeness (QED) is 0.214. The van der Waals surface area contributed by atoms with Crippen molar-refractivity contribution in [3.05, 3.63) is 45.5 Å². The van der Waals surface area contributed by atoms with Gasteiger partial charge in [0.25, 0.3) is 5.91 Å². The molecule has 1 fully saturated rings. The second kappa shape index (κ2) is 7.79. The lowest BCUT2D eigenvalue weighted by Gasteiger charge is -2.33. The van der Waals surface area contributed by atoms with Gasteiger partial charge in [-0.05, 0) is 55.3 Å². The van der Waals surface area contributed by atoms with E-state index in [1.54, 1.807) is 12.1 Å². The van der Waals surface area contributed by atoms with Gasteiger partial charge in [0.05, 0.1) is 23.3 Å². The van der Waals surface area contributed by atoms with Crippen LogP contribution in [0.3, 0.4) is 0 Å². The van der Waals surface area contributed by atoms with E-state index in [1.807, 2.05) is 12.1 Å². The lowest BCUT2D eigenvalue weighted by molar-refractivity contribution is 0.0606. The molecule has 0 atom stereocenters. The first-order chi connectivity index (χ1) is 13.1. The average Bonchev–Trinajstić information content (AvgIpc) is 3.14. The molecule has 0 unspecified atom stereocenters. The van der Waals surface area contributed by atoms with Crippen LogP contribution in [-0.2, 0) is 0 Å². The number of rotatable bonds is 4. The number of hydrazine groups is 1. The molecule has 0 spiro atoms. The fourth-order valence-corrected chi connectivity index (χ4v) is 3.57. The molecule has 1 saturated carbocycles. The van der Waals surface area contributed by atoms with Crippen LogP contribution in [-0.4, -0.2) is 28.5 Å². The second-order valence-corrected chi connectivity index (χ2v) is 6.69. The Morgan fingerprint density at radius 1 is 1.30 bits per heavy atom. The van der Waals surface area contributed by atoms with Gasteiger partial charge in [-0.2, -0.15) is 10.5 Å². The van der Waals surface area contributed by atoms with Gasteiger partial charge in [-0.15, -0.1) is 0 Å². The first-order valence-corrected chi connectivity index (χ1v) is 8.63. The Hall–Kier alpha value is -3.52. The standard InChI is InChI=1S/C18H18N8O/c19-8-12-5-13(9-20)15-7-17(24-16(15)6-12)18(27)26(22)14-3-1-11(2-4-14)10-23-25-21/h5-7,11,14,24H,1-4,10,22H2. The van der Waals surface area contributed by atoms with Gasteiger partial charge in [0.2, 0.25) is 0 Å². The zero-order valence-electron chi connectivity index (χ0n) is 14.6. The number of carbonyl (C=O) groups excluding carboxylic acids is 1. The number of carbonyl (C=O) groups is 1. The predicted octanol–water partition coefficient (Wildman–Crippen LogP) is 3.10. The Balaban J connectivity index is 1.77. The van der Waals surface area contributed by atoms with Crippen LogP contribution in [0.1, 0.15) is 47.3 Å². The summed E-state index contributed by atoms with van der Waals surface area (Å²) in [7, 11) is 0. The molecule has 0 aliphatic heterocycles. The molecule has 2 aromatic rings. The van der Waals surface area contributed by atoms with Gasteiger partial charge in [-0.1, -0.05) is 5.11 Å². The summed E-state index contributed by atoms with van der Waals surface area (Å²) in [6.07, 6.45) is 3.19. The molecule has 9 nitrogen and oxygen atoms in total. The molecule has 3 N–H and O–H groups in total. The normalized spacial score (nSPS) is 18.9.